The van der Waals surface area contributed by atoms with Gasteiger partial charge in [-0.2, -0.15) is 0 Å². The Morgan fingerprint density at radius 1 is 1.56 bits per heavy atom. The van der Waals surface area contributed by atoms with Crippen LogP contribution in [0.15, 0.2) is 18.2 Å². The highest BCUT2D eigenvalue weighted by Gasteiger charge is 2.20. The van der Waals surface area contributed by atoms with E-state index in [9.17, 15) is 9.18 Å². The summed E-state index contributed by atoms with van der Waals surface area (Å²) >= 11 is 0. The van der Waals surface area contributed by atoms with Gasteiger partial charge in [0, 0.05) is 0 Å². The molecular formula is C12H16FNO2. The van der Waals surface area contributed by atoms with Crippen molar-refractivity contribution in [3.8, 4) is 0 Å². The molecule has 0 saturated heterocycles. The van der Waals surface area contributed by atoms with Gasteiger partial charge in [-0.1, -0.05) is 19.1 Å². The number of carbonyl (C=O) groups is 1. The van der Waals surface area contributed by atoms with Crippen molar-refractivity contribution < 1.29 is 13.9 Å². The number of hydrogen-bond acceptors (Lipinski definition) is 3. The fourth-order valence-corrected chi connectivity index (χ4v) is 1.51. The van der Waals surface area contributed by atoms with Crippen LogP contribution in [0, 0.1) is 12.7 Å². The van der Waals surface area contributed by atoms with Crippen LogP contribution < -0.4 is 5.32 Å². The molecule has 0 heterocycles. The third-order valence-electron chi connectivity index (χ3n) is 2.36. The fraction of sp³-hybridized carbons (Fsp3) is 0.417. The number of aryl methyl sites for hydroxylation is 1. The second-order valence-corrected chi connectivity index (χ2v) is 3.52. The highest BCUT2D eigenvalue weighted by Crippen LogP contribution is 2.17. The van der Waals surface area contributed by atoms with E-state index in [1.54, 1.807) is 19.1 Å². The third kappa shape index (κ3) is 2.79. The van der Waals surface area contributed by atoms with E-state index in [2.05, 4.69) is 5.32 Å². The van der Waals surface area contributed by atoms with Gasteiger partial charge in [0.1, 0.15) is 11.9 Å². The maximum atomic E-state index is 13.1. The number of esters is 1. The van der Waals surface area contributed by atoms with Crippen LogP contribution in [0.1, 0.15) is 24.1 Å². The first-order chi connectivity index (χ1) is 7.60. The van der Waals surface area contributed by atoms with Crippen molar-refractivity contribution >= 4 is 5.97 Å². The number of halogens is 1. The molecule has 0 bridgehead atoms. The molecule has 0 amide bonds. The predicted octanol–water partition coefficient (Wildman–Crippen LogP) is 1.96. The molecule has 1 aromatic carbocycles. The molecule has 0 aliphatic rings. The highest BCUT2D eigenvalue weighted by molar-refractivity contribution is 5.77. The lowest BCUT2D eigenvalue weighted by Crippen LogP contribution is -2.29. The van der Waals surface area contributed by atoms with E-state index in [0.717, 1.165) is 0 Å². The minimum absolute atomic E-state index is 0.274. The fourth-order valence-electron chi connectivity index (χ4n) is 1.51. The summed E-state index contributed by atoms with van der Waals surface area (Å²) in [7, 11) is 1.34. The summed E-state index contributed by atoms with van der Waals surface area (Å²) < 4.78 is 17.8. The summed E-state index contributed by atoms with van der Waals surface area (Å²) in [5.41, 5.74) is 1.23. The molecule has 1 atom stereocenters. The van der Waals surface area contributed by atoms with Gasteiger partial charge in [0.25, 0.3) is 0 Å². The van der Waals surface area contributed by atoms with Crippen LogP contribution in [0.25, 0.3) is 0 Å². The lowest BCUT2D eigenvalue weighted by Gasteiger charge is -2.16. The van der Waals surface area contributed by atoms with Crippen molar-refractivity contribution in [2.45, 2.75) is 19.9 Å². The van der Waals surface area contributed by atoms with Crippen LogP contribution in [-0.2, 0) is 9.53 Å². The van der Waals surface area contributed by atoms with Crippen molar-refractivity contribution in [3.63, 3.8) is 0 Å². The Kier molecular flexibility index (Phi) is 4.43. The molecular weight excluding hydrogens is 209 g/mol. The number of nitrogens with one attached hydrogen (secondary N) is 1. The second kappa shape index (κ2) is 5.61. The lowest BCUT2D eigenvalue weighted by molar-refractivity contribution is -0.143. The van der Waals surface area contributed by atoms with E-state index < -0.39 is 6.04 Å². The van der Waals surface area contributed by atoms with E-state index in [1.807, 2.05) is 6.92 Å². The molecule has 1 unspecified atom stereocenters. The second-order valence-electron chi connectivity index (χ2n) is 3.52. The zero-order valence-corrected chi connectivity index (χ0v) is 9.71. The molecule has 0 saturated carbocycles. The highest BCUT2D eigenvalue weighted by atomic mass is 19.1. The largest absolute Gasteiger partial charge is 0.468 e. The lowest BCUT2D eigenvalue weighted by atomic mass is 10.0. The molecule has 1 aromatic rings. The summed E-state index contributed by atoms with van der Waals surface area (Å²) in [6.45, 7) is 4.20. The van der Waals surface area contributed by atoms with Crippen molar-refractivity contribution in [2.24, 2.45) is 0 Å². The van der Waals surface area contributed by atoms with Gasteiger partial charge in [0.2, 0.25) is 0 Å². The molecule has 0 radical (unpaired) electrons. The van der Waals surface area contributed by atoms with E-state index in [4.69, 9.17) is 4.74 Å². The molecule has 4 heteroatoms. The summed E-state index contributed by atoms with van der Waals surface area (Å²) in [6, 6.07) is 4.07. The first-order valence-electron chi connectivity index (χ1n) is 5.17. The van der Waals surface area contributed by atoms with Crippen LogP contribution >= 0.6 is 0 Å². The zero-order chi connectivity index (χ0) is 12.1. The maximum Gasteiger partial charge on any atom is 0.327 e. The average molecular weight is 225 g/mol. The molecule has 0 fully saturated rings. The van der Waals surface area contributed by atoms with E-state index in [0.29, 0.717) is 17.7 Å². The number of ether oxygens (including phenoxy) is 1. The minimum atomic E-state index is -0.533. The number of likely N-dealkylation sites (N-methyl/N-ethyl adjacent to an activating group) is 1. The third-order valence-corrected chi connectivity index (χ3v) is 2.36. The normalized spacial score (nSPS) is 12.2. The molecule has 3 nitrogen and oxygen atoms in total. The molecule has 0 spiro atoms. The maximum absolute atomic E-state index is 13.1. The van der Waals surface area contributed by atoms with Gasteiger partial charge in [-0.3, -0.25) is 0 Å². The summed E-state index contributed by atoms with van der Waals surface area (Å²) in [4.78, 5) is 11.5. The van der Waals surface area contributed by atoms with E-state index in [-0.39, 0.29) is 11.8 Å². The standard InChI is InChI=1S/C12H16FNO2/c1-4-14-11(12(15)16-3)9-5-6-10(13)8(2)7-9/h5-7,11,14H,4H2,1-3H3. The Morgan fingerprint density at radius 3 is 2.75 bits per heavy atom. The molecule has 0 aromatic heterocycles. The van der Waals surface area contributed by atoms with Crippen LogP contribution in [0.3, 0.4) is 0 Å². The number of rotatable bonds is 4. The predicted molar refractivity (Wildman–Crippen MR) is 59.6 cm³/mol. The van der Waals surface area contributed by atoms with Crippen molar-refractivity contribution in [1.82, 2.24) is 5.32 Å². The van der Waals surface area contributed by atoms with Crippen LogP contribution in [0.2, 0.25) is 0 Å². The number of hydrogen-bond donors (Lipinski definition) is 1. The van der Waals surface area contributed by atoms with Gasteiger partial charge in [-0.25, -0.2) is 9.18 Å². The monoisotopic (exact) mass is 225 g/mol. The topological polar surface area (TPSA) is 38.3 Å². The van der Waals surface area contributed by atoms with E-state index >= 15 is 0 Å². The van der Waals surface area contributed by atoms with Gasteiger partial charge < -0.3 is 10.1 Å². The number of carbonyl (C=O) groups excluding carboxylic acids is 1. The van der Waals surface area contributed by atoms with Crippen LogP contribution in [-0.4, -0.2) is 19.6 Å². The Hall–Kier alpha value is -1.42. The molecule has 1 N–H and O–H groups in total. The number of methoxy groups -OCH3 is 1. The molecule has 16 heavy (non-hydrogen) atoms. The summed E-state index contributed by atoms with van der Waals surface area (Å²) in [6.07, 6.45) is 0. The first-order valence-corrected chi connectivity index (χ1v) is 5.17. The van der Waals surface area contributed by atoms with Crippen molar-refractivity contribution in [1.29, 1.82) is 0 Å². The van der Waals surface area contributed by atoms with Crippen molar-refractivity contribution in [3.05, 3.63) is 35.1 Å². The Bertz CT molecular complexity index is 379. The molecule has 0 aliphatic heterocycles. The first kappa shape index (κ1) is 12.6. The van der Waals surface area contributed by atoms with Crippen molar-refractivity contribution in [2.75, 3.05) is 13.7 Å². The van der Waals surface area contributed by atoms with Crippen LogP contribution in [0.4, 0.5) is 4.39 Å². The Labute approximate surface area is 94.6 Å². The van der Waals surface area contributed by atoms with E-state index in [1.165, 1.54) is 13.2 Å². The molecule has 1 rings (SSSR count). The minimum Gasteiger partial charge on any atom is -0.468 e. The quantitative estimate of drug-likeness (QED) is 0.796. The molecule has 88 valence electrons. The van der Waals surface area contributed by atoms with Gasteiger partial charge in [-0.05, 0) is 30.7 Å². The van der Waals surface area contributed by atoms with Crippen LogP contribution in [0.5, 0.6) is 0 Å². The SMILES string of the molecule is CCNC(C(=O)OC)c1ccc(F)c(C)c1. The molecule has 0 aliphatic carbocycles. The summed E-state index contributed by atoms with van der Waals surface area (Å²) in [5, 5.41) is 3.00. The van der Waals surface area contributed by atoms with Gasteiger partial charge >= 0.3 is 5.97 Å². The number of benzene rings is 1. The smallest absolute Gasteiger partial charge is 0.327 e. The Morgan fingerprint density at radius 2 is 2.25 bits per heavy atom. The zero-order valence-electron chi connectivity index (χ0n) is 9.71. The van der Waals surface area contributed by atoms with Gasteiger partial charge in [0.15, 0.2) is 0 Å². The average Bonchev–Trinajstić information content (AvgIpc) is 2.29. The summed E-state index contributed by atoms with van der Waals surface area (Å²) in [5.74, 6) is -0.642. The Balaban J connectivity index is 3.01. The van der Waals surface area contributed by atoms with Gasteiger partial charge in [0.05, 0.1) is 7.11 Å². The van der Waals surface area contributed by atoms with Gasteiger partial charge in [-0.15, -0.1) is 0 Å².